The van der Waals surface area contributed by atoms with E-state index in [2.05, 4.69) is 26.6 Å². The lowest BCUT2D eigenvalue weighted by atomic mass is 10.1. The summed E-state index contributed by atoms with van der Waals surface area (Å²) in [5.41, 5.74) is 1.89. The summed E-state index contributed by atoms with van der Waals surface area (Å²) in [6, 6.07) is 13.6. The molecule has 0 aliphatic rings. The van der Waals surface area contributed by atoms with Crippen LogP contribution in [0.2, 0.25) is 5.02 Å². The first-order chi connectivity index (χ1) is 11.0. The molecular weight excluding hydrogens is 396 g/mol. The zero-order chi connectivity index (χ0) is 16.8. The van der Waals surface area contributed by atoms with Gasteiger partial charge in [-0.2, -0.15) is 0 Å². The lowest BCUT2D eigenvalue weighted by Gasteiger charge is -2.18. The van der Waals surface area contributed by atoms with Gasteiger partial charge in [-0.05, 0) is 62.0 Å². The number of anilines is 1. The van der Waals surface area contributed by atoms with Gasteiger partial charge in [0.2, 0.25) is 0 Å². The lowest BCUT2D eigenvalue weighted by Crippen LogP contribution is -2.30. The van der Waals surface area contributed by atoms with Gasteiger partial charge in [0.05, 0.1) is 23.4 Å². The Balaban J connectivity index is 1.96. The Kier molecular flexibility index (Phi) is 6.69. The summed E-state index contributed by atoms with van der Waals surface area (Å²) in [5, 5.41) is 7.49. The molecule has 2 aromatic rings. The lowest BCUT2D eigenvalue weighted by molar-refractivity contribution is 0.340. The molecule has 0 aliphatic carbocycles. The third-order valence-electron chi connectivity index (χ3n) is 3.22. The Hall–Kier alpha value is -1.30. The van der Waals surface area contributed by atoms with Crippen LogP contribution >= 0.6 is 39.7 Å². The fourth-order valence-electron chi connectivity index (χ4n) is 2.05. The molecule has 0 aliphatic heterocycles. The van der Waals surface area contributed by atoms with Crippen LogP contribution in [-0.4, -0.2) is 11.7 Å². The fourth-order valence-corrected chi connectivity index (χ4v) is 3.06. The monoisotopic (exact) mass is 412 g/mol. The van der Waals surface area contributed by atoms with E-state index in [1.165, 1.54) is 0 Å². The van der Waals surface area contributed by atoms with Gasteiger partial charge in [0.1, 0.15) is 5.75 Å². The maximum atomic E-state index is 6.18. The van der Waals surface area contributed by atoms with Crippen molar-refractivity contribution in [2.45, 2.75) is 19.9 Å². The highest BCUT2D eigenvalue weighted by atomic mass is 79.9. The zero-order valence-electron chi connectivity index (χ0n) is 12.9. The third-order valence-corrected chi connectivity index (χ3v) is 4.24. The molecule has 6 heteroatoms. The van der Waals surface area contributed by atoms with Crippen LogP contribution in [0.1, 0.15) is 25.5 Å². The third kappa shape index (κ3) is 5.37. The molecule has 0 spiro atoms. The van der Waals surface area contributed by atoms with Gasteiger partial charge in [-0.3, -0.25) is 0 Å². The standard InChI is InChI=1S/C17H18BrClN2OS/c1-3-22-14-7-4-12(5-8-14)11(2)20-17(23)21-16-9-6-13(18)10-15(16)19/h4-11H,3H2,1-2H3,(H2,20,21,23). The van der Waals surface area contributed by atoms with Gasteiger partial charge in [-0.25, -0.2) is 0 Å². The zero-order valence-corrected chi connectivity index (χ0v) is 16.1. The molecule has 23 heavy (non-hydrogen) atoms. The molecule has 1 unspecified atom stereocenters. The molecule has 1 atom stereocenters. The van der Waals surface area contributed by atoms with E-state index in [1.54, 1.807) is 0 Å². The summed E-state index contributed by atoms with van der Waals surface area (Å²) >= 11 is 14.9. The summed E-state index contributed by atoms with van der Waals surface area (Å²) in [4.78, 5) is 0. The Morgan fingerprint density at radius 1 is 1.26 bits per heavy atom. The van der Waals surface area contributed by atoms with Gasteiger partial charge in [0.15, 0.2) is 5.11 Å². The first-order valence-corrected chi connectivity index (χ1v) is 8.83. The van der Waals surface area contributed by atoms with E-state index in [0.717, 1.165) is 21.5 Å². The Morgan fingerprint density at radius 2 is 1.96 bits per heavy atom. The second-order valence-electron chi connectivity index (χ2n) is 4.95. The van der Waals surface area contributed by atoms with Crippen molar-refractivity contribution in [3.05, 3.63) is 57.5 Å². The SMILES string of the molecule is CCOc1ccc(C(C)NC(=S)Nc2ccc(Br)cc2Cl)cc1. The highest BCUT2D eigenvalue weighted by Gasteiger charge is 2.09. The van der Waals surface area contributed by atoms with Gasteiger partial charge in [-0.15, -0.1) is 0 Å². The van der Waals surface area contributed by atoms with Crippen LogP contribution in [0, 0.1) is 0 Å². The maximum Gasteiger partial charge on any atom is 0.171 e. The number of halogens is 2. The molecule has 0 heterocycles. The van der Waals surface area contributed by atoms with Crippen molar-refractivity contribution in [3.8, 4) is 5.75 Å². The first-order valence-electron chi connectivity index (χ1n) is 7.25. The van der Waals surface area contributed by atoms with Gasteiger partial charge in [-0.1, -0.05) is 39.7 Å². The highest BCUT2D eigenvalue weighted by Crippen LogP contribution is 2.26. The summed E-state index contributed by atoms with van der Waals surface area (Å²) < 4.78 is 6.37. The molecule has 0 aromatic heterocycles. The van der Waals surface area contributed by atoms with Crippen LogP contribution in [0.25, 0.3) is 0 Å². The van der Waals surface area contributed by atoms with Crippen LogP contribution in [0.5, 0.6) is 5.75 Å². The second-order valence-corrected chi connectivity index (χ2v) is 6.68. The average molecular weight is 414 g/mol. The highest BCUT2D eigenvalue weighted by molar-refractivity contribution is 9.10. The van der Waals surface area contributed by atoms with Gasteiger partial charge in [0.25, 0.3) is 0 Å². The van der Waals surface area contributed by atoms with Crippen LogP contribution in [0.15, 0.2) is 46.9 Å². The van der Waals surface area contributed by atoms with Gasteiger partial charge < -0.3 is 15.4 Å². The predicted octanol–water partition coefficient (Wildman–Crippen LogP) is 5.55. The first kappa shape index (κ1) is 18.0. The Morgan fingerprint density at radius 3 is 2.57 bits per heavy atom. The molecule has 0 fully saturated rings. The topological polar surface area (TPSA) is 33.3 Å². The molecular formula is C17H18BrClN2OS. The van der Waals surface area contributed by atoms with Crippen molar-refractivity contribution in [1.82, 2.24) is 5.32 Å². The summed E-state index contributed by atoms with van der Waals surface area (Å²) in [6.45, 7) is 4.68. The summed E-state index contributed by atoms with van der Waals surface area (Å²) in [7, 11) is 0. The molecule has 0 amide bonds. The Labute approximate surface area is 155 Å². The Bertz CT molecular complexity index is 679. The smallest absolute Gasteiger partial charge is 0.171 e. The largest absolute Gasteiger partial charge is 0.494 e. The number of nitrogens with one attached hydrogen (secondary N) is 2. The van der Waals surface area contributed by atoms with Crippen molar-refractivity contribution >= 4 is 50.5 Å². The molecule has 122 valence electrons. The van der Waals surface area contributed by atoms with E-state index in [9.17, 15) is 0 Å². The average Bonchev–Trinajstić information content (AvgIpc) is 2.51. The van der Waals surface area contributed by atoms with Crippen molar-refractivity contribution < 1.29 is 4.74 Å². The fraction of sp³-hybridized carbons (Fsp3) is 0.235. The second kappa shape index (κ2) is 8.52. The number of thiocarbonyl (C=S) groups is 1. The van der Waals surface area contributed by atoms with Crippen LogP contribution in [0.3, 0.4) is 0 Å². The minimum atomic E-state index is 0.0694. The molecule has 0 saturated carbocycles. The van der Waals surface area contributed by atoms with Gasteiger partial charge in [0, 0.05) is 4.47 Å². The summed E-state index contributed by atoms with van der Waals surface area (Å²) in [6.07, 6.45) is 0. The van der Waals surface area contributed by atoms with E-state index >= 15 is 0 Å². The van der Waals surface area contributed by atoms with Gasteiger partial charge >= 0.3 is 0 Å². The maximum absolute atomic E-state index is 6.18. The molecule has 0 bridgehead atoms. The summed E-state index contributed by atoms with van der Waals surface area (Å²) in [5.74, 6) is 0.866. The predicted molar refractivity (Wildman–Crippen MR) is 105 cm³/mol. The van der Waals surface area contributed by atoms with E-state index in [4.69, 9.17) is 28.6 Å². The minimum Gasteiger partial charge on any atom is -0.494 e. The molecule has 2 rings (SSSR count). The molecule has 0 radical (unpaired) electrons. The van der Waals surface area contributed by atoms with Crippen molar-refractivity contribution in [2.24, 2.45) is 0 Å². The van der Waals surface area contributed by atoms with E-state index in [1.807, 2.05) is 56.3 Å². The van der Waals surface area contributed by atoms with Crippen LogP contribution in [0.4, 0.5) is 5.69 Å². The minimum absolute atomic E-state index is 0.0694. The molecule has 3 nitrogen and oxygen atoms in total. The number of benzene rings is 2. The van der Waals surface area contributed by atoms with Crippen molar-refractivity contribution in [1.29, 1.82) is 0 Å². The number of hydrogen-bond donors (Lipinski definition) is 2. The van der Waals surface area contributed by atoms with Crippen LogP contribution in [-0.2, 0) is 0 Å². The van der Waals surface area contributed by atoms with Crippen molar-refractivity contribution in [3.63, 3.8) is 0 Å². The van der Waals surface area contributed by atoms with E-state index < -0.39 is 0 Å². The number of rotatable bonds is 5. The van der Waals surface area contributed by atoms with Crippen molar-refractivity contribution in [2.75, 3.05) is 11.9 Å². The number of ether oxygens (including phenoxy) is 1. The normalized spacial score (nSPS) is 11.7. The molecule has 2 N–H and O–H groups in total. The van der Waals surface area contributed by atoms with Crippen LogP contribution < -0.4 is 15.4 Å². The van der Waals surface area contributed by atoms with E-state index in [-0.39, 0.29) is 6.04 Å². The molecule has 0 saturated heterocycles. The van der Waals surface area contributed by atoms with E-state index in [0.29, 0.717) is 16.7 Å². The molecule has 2 aromatic carbocycles. The number of hydrogen-bond acceptors (Lipinski definition) is 2. The quantitative estimate of drug-likeness (QED) is 0.630.